The molecule has 0 aromatic heterocycles. The van der Waals surface area contributed by atoms with Crippen LogP contribution in [0.4, 0.5) is 0 Å². The van der Waals surface area contributed by atoms with Crippen molar-refractivity contribution in [1.29, 1.82) is 10.5 Å². The van der Waals surface area contributed by atoms with Crippen LogP contribution in [-0.2, 0) is 9.59 Å². The number of carbonyl (C=O) groups is 2. The molecule has 0 aliphatic heterocycles. The zero-order chi connectivity index (χ0) is 10.1. The van der Waals surface area contributed by atoms with Crippen molar-refractivity contribution in [2.45, 2.75) is 19.3 Å². The fraction of sp³-hybridized carbons (Fsp3) is 0.429. The number of hydrogen-bond acceptors (Lipinski definition) is 4. The minimum Gasteiger partial charge on any atom is -0.274 e. The van der Waals surface area contributed by atoms with E-state index in [4.69, 9.17) is 10.5 Å². The highest BCUT2D eigenvalue weighted by Gasteiger charge is 2.03. The number of nitriles is 2. The monoisotopic (exact) mass is 180 g/mol. The molecule has 68 valence electrons. The molecule has 0 rings (SSSR count). The van der Waals surface area contributed by atoms with Gasteiger partial charge in [-0.1, -0.05) is 0 Å². The lowest BCUT2D eigenvalue weighted by atomic mass is 10.2. The largest absolute Gasteiger partial charge is 0.274 e. The highest BCUT2D eigenvalue weighted by Crippen LogP contribution is 1.94. The van der Waals surface area contributed by atoms with Gasteiger partial charge in [0.25, 0.3) is 0 Å². The van der Waals surface area contributed by atoms with Gasteiger partial charge in [-0.15, -0.1) is 0 Å². The summed E-state index contributed by atoms with van der Waals surface area (Å²) in [5.74, 6) is -0.848. The van der Waals surface area contributed by atoms with Crippen LogP contribution < -0.4 is 10.6 Å². The van der Waals surface area contributed by atoms with Crippen molar-refractivity contribution in [3.63, 3.8) is 0 Å². The fourth-order valence-corrected chi connectivity index (χ4v) is 0.659. The average Bonchev–Trinajstić information content (AvgIpc) is 2.05. The van der Waals surface area contributed by atoms with E-state index < -0.39 is 11.8 Å². The Balaban J connectivity index is 3.47. The highest BCUT2D eigenvalue weighted by atomic mass is 16.2. The van der Waals surface area contributed by atoms with E-state index in [1.807, 2.05) is 10.6 Å². The van der Waals surface area contributed by atoms with E-state index in [1.54, 1.807) is 0 Å². The Hall–Kier alpha value is -2.08. The quantitative estimate of drug-likeness (QED) is 0.443. The Labute approximate surface area is 75.1 Å². The molecule has 6 nitrogen and oxygen atoms in total. The molecular formula is C7H8N4O2. The maximum absolute atomic E-state index is 10.7. The van der Waals surface area contributed by atoms with Gasteiger partial charge in [0.1, 0.15) is 0 Å². The van der Waals surface area contributed by atoms with Crippen molar-refractivity contribution >= 4 is 11.8 Å². The van der Waals surface area contributed by atoms with E-state index in [9.17, 15) is 9.59 Å². The topological polar surface area (TPSA) is 106 Å². The van der Waals surface area contributed by atoms with E-state index in [0.29, 0.717) is 6.42 Å². The molecule has 13 heavy (non-hydrogen) atoms. The molecule has 2 N–H and O–H groups in total. The minimum absolute atomic E-state index is 0.104. The van der Waals surface area contributed by atoms with Crippen LogP contribution in [0.2, 0.25) is 0 Å². The Morgan fingerprint density at radius 3 is 1.69 bits per heavy atom. The standard InChI is InChI=1S/C7H8N4O2/c8-4-10-6(12)2-1-3-7(13)11-5-9/h1-3H2,(H,10,12)(H,11,13). The highest BCUT2D eigenvalue weighted by molar-refractivity contribution is 5.80. The van der Waals surface area contributed by atoms with Crippen LogP contribution in [0.5, 0.6) is 0 Å². The zero-order valence-corrected chi connectivity index (χ0v) is 6.83. The van der Waals surface area contributed by atoms with Gasteiger partial charge in [0.2, 0.25) is 11.8 Å². The molecule has 6 heteroatoms. The molecule has 0 aromatic rings. The number of carbonyl (C=O) groups excluding carboxylic acids is 2. The summed E-state index contributed by atoms with van der Waals surface area (Å²) in [6.07, 6.45) is 3.48. The summed E-state index contributed by atoms with van der Waals surface area (Å²) in [7, 11) is 0. The third kappa shape index (κ3) is 6.32. The molecule has 0 aromatic carbocycles. The third-order valence-corrected chi connectivity index (χ3v) is 1.20. The van der Waals surface area contributed by atoms with Gasteiger partial charge >= 0.3 is 0 Å². The van der Waals surface area contributed by atoms with Crippen molar-refractivity contribution in [2.24, 2.45) is 0 Å². The van der Waals surface area contributed by atoms with Crippen molar-refractivity contribution in [2.75, 3.05) is 0 Å². The lowest BCUT2D eigenvalue weighted by Gasteiger charge is -1.96. The minimum atomic E-state index is -0.424. The first-order valence-corrected chi connectivity index (χ1v) is 3.56. The molecule has 0 radical (unpaired) electrons. The molecule has 0 unspecified atom stereocenters. The number of nitrogens with zero attached hydrogens (tertiary/aromatic N) is 2. The van der Waals surface area contributed by atoms with Crippen LogP contribution in [0.3, 0.4) is 0 Å². The average molecular weight is 180 g/mol. The second kappa shape index (κ2) is 6.62. The molecule has 2 amide bonds. The van der Waals surface area contributed by atoms with Crippen LogP contribution in [0.1, 0.15) is 19.3 Å². The van der Waals surface area contributed by atoms with Crippen molar-refractivity contribution < 1.29 is 9.59 Å². The predicted octanol–water partition coefficient (Wildman–Crippen LogP) is -0.649. The molecule has 0 spiro atoms. The molecule has 0 atom stereocenters. The van der Waals surface area contributed by atoms with Crippen LogP contribution in [0.15, 0.2) is 0 Å². The summed E-state index contributed by atoms with van der Waals surface area (Å²) in [6.45, 7) is 0. The summed E-state index contributed by atoms with van der Waals surface area (Å²) in [5, 5.41) is 19.9. The van der Waals surface area contributed by atoms with Gasteiger partial charge in [-0.05, 0) is 6.42 Å². The van der Waals surface area contributed by atoms with Gasteiger partial charge in [0, 0.05) is 12.8 Å². The molecule has 0 aliphatic carbocycles. The van der Waals surface area contributed by atoms with Crippen molar-refractivity contribution in [3.8, 4) is 12.4 Å². The van der Waals surface area contributed by atoms with E-state index in [1.165, 1.54) is 12.4 Å². The molecule has 0 heterocycles. The van der Waals surface area contributed by atoms with Crippen LogP contribution >= 0.6 is 0 Å². The lowest BCUT2D eigenvalue weighted by Crippen LogP contribution is -2.20. The summed E-state index contributed by atoms with van der Waals surface area (Å²) >= 11 is 0. The van der Waals surface area contributed by atoms with Crippen LogP contribution in [0, 0.1) is 22.9 Å². The smallest absolute Gasteiger partial charge is 0.232 e. The van der Waals surface area contributed by atoms with E-state index in [-0.39, 0.29) is 12.8 Å². The van der Waals surface area contributed by atoms with Gasteiger partial charge in [0.05, 0.1) is 0 Å². The molecule has 0 saturated carbocycles. The normalized spacial score (nSPS) is 7.85. The Morgan fingerprint density at radius 2 is 1.38 bits per heavy atom. The SMILES string of the molecule is N#CNC(=O)CCCC(=O)NC#N. The van der Waals surface area contributed by atoms with Gasteiger partial charge in [-0.2, -0.15) is 10.5 Å². The number of amides is 2. The first-order chi connectivity index (χ1) is 6.20. The van der Waals surface area contributed by atoms with E-state index >= 15 is 0 Å². The second-order valence-electron chi connectivity index (χ2n) is 2.17. The van der Waals surface area contributed by atoms with Crippen molar-refractivity contribution in [3.05, 3.63) is 0 Å². The first-order valence-electron chi connectivity index (χ1n) is 3.56. The molecule has 0 bridgehead atoms. The van der Waals surface area contributed by atoms with Crippen LogP contribution in [0.25, 0.3) is 0 Å². The Morgan fingerprint density at radius 1 is 1.00 bits per heavy atom. The van der Waals surface area contributed by atoms with Gasteiger partial charge < -0.3 is 0 Å². The first kappa shape index (κ1) is 10.9. The maximum atomic E-state index is 10.7. The third-order valence-electron chi connectivity index (χ3n) is 1.20. The van der Waals surface area contributed by atoms with E-state index in [0.717, 1.165) is 0 Å². The fourth-order valence-electron chi connectivity index (χ4n) is 0.659. The van der Waals surface area contributed by atoms with E-state index in [2.05, 4.69) is 0 Å². The summed E-state index contributed by atoms with van der Waals surface area (Å²) in [6, 6.07) is 0. The predicted molar refractivity (Wildman–Crippen MR) is 41.4 cm³/mol. The Kier molecular flexibility index (Phi) is 5.56. The van der Waals surface area contributed by atoms with Gasteiger partial charge in [-0.3, -0.25) is 20.2 Å². The van der Waals surface area contributed by atoms with Crippen LogP contribution in [-0.4, -0.2) is 11.8 Å². The van der Waals surface area contributed by atoms with Gasteiger partial charge in [0.15, 0.2) is 12.4 Å². The zero-order valence-electron chi connectivity index (χ0n) is 6.83. The summed E-state index contributed by atoms with van der Waals surface area (Å²) in [4.78, 5) is 21.3. The molecular weight excluding hydrogens is 172 g/mol. The van der Waals surface area contributed by atoms with Crippen molar-refractivity contribution in [1.82, 2.24) is 10.6 Å². The Bertz CT molecular complexity index is 245. The molecule has 0 aliphatic rings. The number of hydrogen-bond donors (Lipinski definition) is 2. The molecule has 0 fully saturated rings. The lowest BCUT2D eigenvalue weighted by molar-refractivity contribution is -0.121. The maximum Gasteiger partial charge on any atom is 0.232 e. The second-order valence-corrected chi connectivity index (χ2v) is 2.17. The van der Waals surface area contributed by atoms with Gasteiger partial charge in [-0.25, -0.2) is 0 Å². The molecule has 0 saturated heterocycles. The summed E-state index contributed by atoms with van der Waals surface area (Å²) < 4.78 is 0. The number of rotatable bonds is 4. The summed E-state index contributed by atoms with van der Waals surface area (Å²) in [5.41, 5.74) is 0. The number of nitrogens with one attached hydrogen (secondary N) is 2.